The third-order valence-electron chi connectivity index (χ3n) is 8.95. The van der Waals surface area contributed by atoms with Gasteiger partial charge in [0.05, 0.1) is 30.8 Å². The van der Waals surface area contributed by atoms with Crippen molar-refractivity contribution in [2.45, 2.75) is 96.9 Å². The van der Waals surface area contributed by atoms with Crippen LogP contribution < -0.4 is 14.8 Å². The number of carbonyl (C=O) groups excluding carboxylic acids is 3. The highest BCUT2D eigenvalue weighted by Gasteiger charge is 2.50. The Kier molecular flexibility index (Phi) is 8.30. The Morgan fingerprint density at radius 1 is 1.14 bits per heavy atom. The summed E-state index contributed by atoms with van der Waals surface area (Å²) >= 11 is 0. The van der Waals surface area contributed by atoms with E-state index in [0.717, 1.165) is 0 Å². The van der Waals surface area contributed by atoms with Gasteiger partial charge in [-0.1, -0.05) is 34.1 Å². The number of Topliss-reactive ketones (excluding diaryl/α,β-unsaturated/α-hetero) is 1. The Morgan fingerprint density at radius 2 is 1.88 bits per heavy atom. The van der Waals surface area contributed by atoms with Gasteiger partial charge >= 0.3 is 6.09 Å². The van der Waals surface area contributed by atoms with E-state index in [4.69, 9.17) is 14.2 Å². The number of ether oxygens (including phenoxy) is 3. The molecular formula is C32H41F2N3O6. The highest BCUT2D eigenvalue weighted by molar-refractivity contribution is 5.92. The van der Waals surface area contributed by atoms with Crippen LogP contribution in [0.1, 0.15) is 72.3 Å². The first-order valence-electron chi connectivity index (χ1n) is 15.0. The standard InChI is InChI=1S/C32H41F2N3O6/c1-17-25-16-37(26(17)18(2)38)29(39)27(31(3,4)5)36-30(40)43-24-14-20(24)9-7-8-12-32(33,34)22-13-19-10-11-21(41-6)15-23(19)35-28(22)42-25/h10-11,13,15,17,20,24-27H,7-9,12,14,16H2,1-6H3,(H,36,40)/t17-,20-,24-,25+,26+,27-/m1/s1. The minimum Gasteiger partial charge on any atom is -0.497 e. The van der Waals surface area contributed by atoms with Crippen LogP contribution in [0, 0.1) is 17.3 Å². The van der Waals surface area contributed by atoms with Gasteiger partial charge < -0.3 is 24.4 Å². The molecule has 1 aromatic carbocycles. The maximum atomic E-state index is 15.9. The molecule has 2 fully saturated rings. The van der Waals surface area contributed by atoms with Crippen molar-refractivity contribution in [3.63, 3.8) is 0 Å². The summed E-state index contributed by atoms with van der Waals surface area (Å²) in [4.78, 5) is 45.7. The van der Waals surface area contributed by atoms with E-state index in [2.05, 4.69) is 10.3 Å². The number of nitrogens with zero attached hydrogens (tertiary/aromatic N) is 2. The number of methoxy groups -OCH3 is 1. The summed E-state index contributed by atoms with van der Waals surface area (Å²) in [6.45, 7) is 8.57. The number of rotatable bonds is 2. The lowest BCUT2D eigenvalue weighted by molar-refractivity contribution is -0.141. The Balaban J connectivity index is 1.57. The van der Waals surface area contributed by atoms with Gasteiger partial charge in [0.15, 0.2) is 5.78 Å². The predicted molar refractivity (Wildman–Crippen MR) is 155 cm³/mol. The largest absolute Gasteiger partial charge is 0.497 e. The minimum atomic E-state index is -3.24. The van der Waals surface area contributed by atoms with Crippen LogP contribution in [0.25, 0.3) is 10.9 Å². The fourth-order valence-corrected chi connectivity index (χ4v) is 6.33. The molecule has 11 heteroatoms. The number of carbonyl (C=O) groups is 3. The van der Waals surface area contributed by atoms with E-state index < -0.39 is 53.9 Å². The van der Waals surface area contributed by atoms with E-state index >= 15 is 8.78 Å². The number of hydrogen-bond acceptors (Lipinski definition) is 7. The van der Waals surface area contributed by atoms with Gasteiger partial charge in [-0.25, -0.2) is 18.6 Å². The molecule has 1 aliphatic carbocycles. The van der Waals surface area contributed by atoms with Crippen LogP contribution in [0.3, 0.4) is 0 Å². The van der Waals surface area contributed by atoms with Crippen molar-refractivity contribution in [2.24, 2.45) is 17.3 Å². The van der Waals surface area contributed by atoms with E-state index in [0.29, 0.717) is 35.9 Å². The monoisotopic (exact) mass is 601 g/mol. The molecule has 1 saturated carbocycles. The Hall–Kier alpha value is -3.50. The normalized spacial score (nSPS) is 29.7. The van der Waals surface area contributed by atoms with Crippen LogP contribution in [0.5, 0.6) is 11.6 Å². The second kappa shape index (κ2) is 11.5. The summed E-state index contributed by atoms with van der Waals surface area (Å²) in [6.07, 6.45) is -0.0850. The van der Waals surface area contributed by atoms with Crippen molar-refractivity contribution in [3.05, 3.63) is 29.8 Å². The Labute approximate surface area is 250 Å². The molecule has 2 aliphatic heterocycles. The van der Waals surface area contributed by atoms with E-state index in [1.165, 1.54) is 25.0 Å². The van der Waals surface area contributed by atoms with Crippen molar-refractivity contribution < 1.29 is 37.4 Å². The summed E-state index contributed by atoms with van der Waals surface area (Å²) in [5.74, 6) is -4.11. The lowest BCUT2D eigenvalue weighted by Gasteiger charge is -2.35. The van der Waals surface area contributed by atoms with E-state index in [1.807, 2.05) is 20.8 Å². The van der Waals surface area contributed by atoms with Crippen LogP contribution in [-0.4, -0.2) is 65.6 Å². The van der Waals surface area contributed by atoms with Gasteiger partial charge in [0.25, 0.3) is 5.92 Å². The number of fused-ring (bicyclic) bond motifs is 5. The molecule has 5 rings (SSSR count). The molecule has 3 aliphatic rings. The van der Waals surface area contributed by atoms with E-state index in [9.17, 15) is 14.4 Å². The lowest BCUT2D eigenvalue weighted by Crippen LogP contribution is -2.57. The predicted octanol–water partition coefficient (Wildman–Crippen LogP) is 5.62. The number of amides is 2. The SMILES string of the molecule is COc1ccc2cc3c(nc2c1)O[C@H]1CN(C(=O)[C@H](C(C)(C)C)NC(=O)O[C@@H]2C[C@H]2CCCCC3(F)F)[C@H](C(C)=O)[C@@H]1C. The Bertz CT molecular complexity index is 1410. The summed E-state index contributed by atoms with van der Waals surface area (Å²) in [5, 5.41) is 3.27. The number of ketones is 1. The first-order valence-corrected chi connectivity index (χ1v) is 15.0. The quantitative estimate of drug-likeness (QED) is 0.476. The van der Waals surface area contributed by atoms with Crippen LogP contribution in [-0.2, 0) is 20.2 Å². The number of nitrogens with one attached hydrogen (secondary N) is 1. The molecule has 3 heterocycles. The molecular weight excluding hydrogens is 560 g/mol. The second-order valence-electron chi connectivity index (χ2n) is 13.3. The maximum Gasteiger partial charge on any atom is 0.408 e. The zero-order valence-electron chi connectivity index (χ0n) is 25.6. The van der Waals surface area contributed by atoms with Crippen LogP contribution >= 0.6 is 0 Å². The van der Waals surface area contributed by atoms with Crippen LogP contribution in [0.2, 0.25) is 0 Å². The van der Waals surface area contributed by atoms with Gasteiger partial charge in [0.1, 0.15) is 24.0 Å². The van der Waals surface area contributed by atoms with Crippen LogP contribution in [0.4, 0.5) is 13.6 Å². The molecule has 2 amide bonds. The molecule has 0 spiro atoms. The molecule has 43 heavy (non-hydrogen) atoms. The highest BCUT2D eigenvalue weighted by Crippen LogP contribution is 2.43. The first kappa shape index (κ1) is 30.9. The third-order valence-corrected chi connectivity index (χ3v) is 8.95. The van der Waals surface area contributed by atoms with Gasteiger partial charge in [-0.2, -0.15) is 0 Å². The smallest absolute Gasteiger partial charge is 0.408 e. The third kappa shape index (κ3) is 6.40. The van der Waals surface area contributed by atoms with Gasteiger partial charge in [-0.3, -0.25) is 9.59 Å². The Morgan fingerprint density at radius 3 is 2.56 bits per heavy atom. The topological polar surface area (TPSA) is 107 Å². The fourth-order valence-electron chi connectivity index (χ4n) is 6.33. The van der Waals surface area contributed by atoms with Crippen LogP contribution in [0.15, 0.2) is 24.3 Å². The number of halogens is 2. The molecule has 0 unspecified atom stereocenters. The maximum absolute atomic E-state index is 15.9. The van der Waals surface area contributed by atoms with Crippen molar-refractivity contribution in [1.82, 2.24) is 15.2 Å². The molecule has 1 N–H and O–H groups in total. The summed E-state index contributed by atoms with van der Waals surface area (Å²) in [6, 6.07) is 4.57. The molecule has 1 saturated heterocycles. The highest BCUT2D eigenvalue weighted by atomic mass is 19.3. The first-order chi connectivity index (χ1) is 20.2. The summed E-state index contributed by atoms with van der Waals surface area (Å²) in [7, 11) is 1.51. The van der Waals surface area contributed by atoms with Gasteiger partial charge in [0.2, 0.25) is 11.8 Å². The lowest BCUT2D eigenvalue weighted by atomic mass is 9.85. The zero-order valence-corrected chi connectivity index (χ0v) is 25.6. The average Bonchev–Trinajstić information content (AvgIpc) is 3.58. The number of hydrogen-bond donors (Lipinski definition) is 1. The molecule has 9 nitrogen and oxygen atoms in total. The number of benzene rings is 1. The number of pyridine rings is 1. The van der Waals surface area contributed by atoms with E-state index in [1.54, 1.807) is 25.1 Å². The minimum absolute atomic E-state index is 0.0406. The zero-order chi connectivity index (χ0) is 31.3. The molecule has 0 radical (unpaired) electrons. The van der Waals surface area contributed by atoms with Crippen molar-refractivity contribution in [2.75, 3.05) is 13.7 Å². The summed E-state index contributed by atoms with van der Waals surface area (Å²) in [5.41, 5.74) is -0.611. The molecule has 1 aromatic heterocycles. The van der Waals surface area contributed by atoms with Gasteiger partial charge in [-0.15, -0.1) is 0 Å². The van der Waals surface area contributed by atoms with Gasteiger partial charge in [-0.05, 0) is 55.7 Å². The molecule has 234 valence electrons. The number of aromatic nitrogens is 1. The van der Waals surface area contributed by atoms with Crippen molar-refractivity contribution in [3.8, 4) is 11.6 Å². The van der Waals surface area contributed by atoms with Crippen molar-refractivity contribution in [1.29, 1.82) is 0 Å². The molecule has 2 bridgehead atoms. The number of alkyl halides is 2. The van der Waals surface area contributed by atoms with Crippen molar-refractivity contribution >= 4 is 28.7 Å². The average molecular weight is 602 g/mol. The molecule has 2 aromatic rings. The fraction of sp³-hybridized carbons (Fsp3) is 0.625. The number of alkyl carbamates (subject to hydrolysis) is 1. The second-order valence-corrected chi connectivity index (χ2v) is 13.3. The van der Waals surface area contributed by atoms with Gasteiger partial charge in [0, 0.05) is 23.8 Å². The summed E-state index contributed by atoms with van der Waals surface area (Å²) < 4.78 is 49.0. The molecule has 6 atom stereocenters. The van der Waals surface area contributed by atoms with E-state index in [-0.39, 0.29) is 42.2 Å².